The number of carbonyl (C=O) groups is 2. The first-order chi connectivity index (χ1) is 16.1. The average molecular weight is 485 g/mol. The van der Waals surface area contributed by atoms with Crippen molar-refractivity contribution in [2.75, 3.05) is 7.11 Å². The van der Waals surface area contributed by atoms with Gasteiger partial charge >= 0.3 is 5.97 Å². The molecule has 0 heterocycles. The predicted molar refractivity (Wildman–Crippen MR) is 137 cm³/mol. The topological polar surface area (TPSA) is 63.6 Å². The van der Waals surface area contributed by atoms with Gasteiger partial charge < -0.3 is 9.84 Å². The van der Waals surface area contributed by atoms with E-state index in [2.05, 4.69) is 54.5 Å². The number of fused-ring (bicyclic) bond motifs is 7. The Hall–Kier alpha value is -1.16. The molecule has 35 heavy (non-hydrogen) atoms. The maximum Gasteiger partial charge on any atom is 0.311 e. The summed E-state index contributed by atoms with van der Waals surface area (Å²) >= 11 is 0. The SMILES string of the molecule is COC(=O)[C@@]1(C)CC[C@]2(C)CC[C@]3(C)C(=C[C@@H](O)[C@@H]4[C@@]5(C)CCC(=O)C(C)(C)[C@@H]5CC[C@]43C)[C@@H]2C1. The summed E-state index contributed by atoms with van der Waals surface area (Å²) in [4.78, 5) is 25.8. The number of allylic oxidation sites excluding steroid dienone is 1. The van der Waals surface area contributed by atoms with Gasteiger partial charge in [0.05, 0.1) is 18.6 Å². The number of methoxy groups -OCH3 is 1. The van der Waals surface area contributed by atoms with Crippen LogP contribution in [0.4, 0.5) is 0 Å². The van der Waals surface area contributed by atoms with E-state index in [1.54, 1.807) is 0 Å². The van der Waals surface area contributed by atoms with E-state index in [1.807, 2.05) is 0 Å². The van der Waals surface area contributed by atoms with E-state index in [-0.39, 0.29) is 39.0 Å². The summed E-state index contributed by atoms with van der Waals surface area (Å²) in [6.45, 7) is 16.1. The molecular weight excluding hydrogens is 436 g/mol. The van der Waals surface area contributed by atoms with E-state index in [0.717, 1.165) is 44.9 Å². The van der Waals surface area contributed by atoms with Gasteiger partial charge in [-0.3, -0.25) is 9.59 Å². The summed E-state index contributed by atoms with van der Waals surface area (Å²) in [6.07, 6.45) is 10.4. The highest BCUT2D eigenvalue weighted by molar-refractivity contribution is 5.85. The lowest BCUT2D eigenvalue weighted by Crippen LogP contribution is -2.67. The van der Waals surface area contributed by atoms with Crippen LogP contribution in [0.15, 0.2) is 11.6 Å². The fourth-order valence-corrected chi connectivity index (χ4v) is 10.7. The van der Waals surface area contributed by atoms with Crippen molar-refractivity contribution in [1.29, 1.82) is 0 Å². The van der Waals surface area contributed by atoms with E-state index < -0.39 is 11.5 Å². The minimum Gasteiger partial charge on any atom is -0.469 e. The zero-order chi connectivity index (χ0) is 25.8. The summed E-state index contributed by atoms with van der Waals surface area (Å²) in [5.74, 6) is 1.06. The van der Waals surface area contributed by atoms with Crippen LogP contribution in [0, 0.1) is 50.2 Å². The maximum atomic E-state index is 12.9. The van der Waals surface area contributed by atoms with Gasteiger partial charge in [-0.1, -0.05) is 53.2 Å². The van der Waals surface area contributed by atoms with Crippen LogP contribution in [0.3, 0.4) is 0 Å². The Morgan fingerprint density at radius 2 is 1.63 bits per heavy atom. The number of ketones is 1. The van der Waals surface area contributed by atoms with Crippen molar-refractivity contribution < 1.29 is 19.4 Å². The Labute approximate surface area is 212 Å². The van der Waals surface area contributed by atoms with Crippen LogP contribution < -0.4 is 0 Å². The van der Waals surface area contributed by atoms with Crippen molar-refractivity contribution in [3.05, 3.63) is 11.6 Å². The van der Waals surface area contributed by atoms with Crippen LogP contribution >= 0.6 is 0 Å². The minimum atomic E-state index is -0.506. The second-order valence-corrected chi connectivity index (χ2v) is 15.0. The highest BCUT2D eigenvalue weighted by Crippen LogP contribution is 2.75. The lowest BCUT2D eigenvalue weighted by molar-refractivity contribution is -0.206. The van der Waals surface area contributed by atoms with Crippen molar-refractivity contribution in [2.45, 2.75) is 112 Å². The van der Waals surface area contributed by atoms with E-state index in [0.29, 0.717) is 24.0 Å². The molecule has 5 rings (SSSR count). The molecule has 9 atom stereocenters. The van der Waals surface area contributed by atoms with Gasteiger partial charge in [0.15, 0.2) is 0 Å². The van der Waals surface area contributed by atoms with Gasteiger partial charge in [-0.2, -0.15) is 0 Å². The van der Waals surface area contributed by atoms with E-state index in [9.17, 15) is 14.7 Å². The van der Waals surface area contributed by atoms with Gasteiger partial charge in [0.1, 0.15) is 5.78 Å². The summed E-state index contributed by atoms with van der Waals surface area (Å²) in [5.41, 5.74) is 0.715. The molecule has 4 heteroatoms. The van der Waals surface area contributed by atoms with Crippen LogP contribution in [-0.4, -0.2) is 30.1 Å². The van der Waals surface area contributed by atoms with Gasteiger partial charge in [-0.05, 0) is 91.8 Å². The number of aliphatic hydroxyl groups is 1. The number of hydrogen-bond acceptors (Lipinski definition) is 4. The third-order valence-corrected chi connectivity index (χ3v) is 13.2. The van der Waals surface area contributed by atoms with Crippen molar-refractivity contribution in [3.63, 3.8) is 0 Å². The zero-order valence-electron chi connectivity index (χ0n) is 23.4. The maximum absolute atomic E-state index is 12.9. The number of carbonyl (C=O) groups excluding carboxylic acids is 2. The molecule has 0 aromatic rings. The van der Waals surface area contributed by atoms with Crippen molar-refractivity contribution in [1.82, 2.24) is 0 Å². The molecule has 196 valence electrons. The monoisotopic (exact) mass is 484 g/mol. The fraction of sp³-hybridized carbons (Fsp3) is 0.871. The first-order valence-electron chi connectivity index (χ1n) is 14.1. The summed E-state index contributed by atoms with van der Waals surface area (Å²) in [6, 6.07) is 0. The molecule has 4 nitrogen and oxygen atoms in total. The molecule has 0 amide bonds. The number of hydrogen-bond donors (Lipinski definition) is 1. The molecule has 0 saturated heterocycles. The number of ether oxygens (including phenoxy) is 1. The second-order valence-electron chi connectivity index (χ2n) is 15.0. The number of Topliss-reactive ketones (excluding diaryl/α,β-unsaturated/α-hetero) is 1. The third kappa shape index (κ3) is 3.07. The average Bonchev–Trinajstić information content (AvgIpc) is 2.78. The quantitative estimate of drug-likeness (QED) is 0.341. The molecule has 1 N–H and O–H groups in total. The Morgan fingerprint density at radius 3 is 2.29 bits per heavy atom. The summed E-state index contributed by atoms with van der Waals surface area (Å²) in [5, 5.41) is 12.0. The highest BCUT2D eigenvalue weighted by Gasteiger charge is 2.70. The molecular formula is C31H48O4. The Balaban J connectivity index is 1.61. The molecule has 0 bridgehead atoms. The molecule has 0 spiro atoms. The largest absolute Gasteiger partial charge is 0.469 e. The molecule has 0 aromatic heterocycles. The smallest absolute Gasteiger partial charge is 0.311 e. The van der Waals surface area contributed by atoms with Crippen LogP contribution in [0.25, 0.3) is 0 Å². The molecule has 0 radical (unpaired) electrons. The lowest BCUT2D eigenvalue weighted by atomic mass is 9.33. The molecule has 4 fully saturated rings. The molecule has 4 saturated carbocycles. The fourth-order valence-electron chi connectivity index (χ4n) is 10.7. The van der Waals surface area contributed by atoms with Crippen molar-refractivity contribution >= 4 is 11.8 Å². The highest BCUT2D eigenvalue weighted by atomic mass is 16.5. The van der Waals surface area contributed by atoms with Gasteiger partial charge in [0.2, 0.25) is 0 Å². The van der Waals surface area contributed by atoms with Crippen LogP contribution in [0.2, 0.25) is 0 Å². The molecule has 5 aliphatic carbocycles. The van der Waals surface area contributed by atoms with E-state index in [1.165, 1.54) is 19.1 Å². The summed E-state index contributed by atoms with van der Waals surface area (Å²) in [7, 11) is 1.51. The van der Waals surface area contributed by atoms with E-state index >= 15 is 0 Å². The van der Waals surface area contributed by atoms with E-state index in [4.69, 9.17) is 4.74 Å². The normalized spacial score (nSPS) is 52.8. The third-order valence-electron chi connectivity index (χ3n) is 13.2. The first-order valence-corrected chi connectivity index (χ1v) is 14.1. The van der Waals surface area contributed by atoms with Crippen molar-refractivity contribution in [3.8, 4) is 0 Å². The first kappa shape index (κ1) is 25.5. The Morgan fingerprint density at radius 1 is 0.971 bits per heavy atom. The standard InChI is InChI=1S/C31H48O4/c1-26(2)22-9-12-31(7)24(29(22,5)11-10-23(26)33)21(32)17-19-20-18-28(4,25(34)35-8)14-13-27(20,3)15-16-30(19,31)6/h17,20-22,24,32H,9-16,18H2,1-8H3/t20-,21+,22-,24+,27+,28-,29-,30+,31+/m0/s1. The molecule has 0 aromatic carbocycles. The molecule has 0 unspecified atom stereocenters. The van der Waals surface area contributed by atoms with Gasteiger partial charge in [-0.15, -0.1) is 0 Å². The Bertz CT molecular complexity index is 980. The molecule has 0 aliphatic heterocycles. The number of rotatable bonds is 1. The predicted octanol–water partition coefficient (Wildman–Crippen LogP) is 6.50. The van der Waals surface area contributed by atoms with Crippen LogP contribution in [0.5, 0.6) is 0 Å². The minimum absolute atomic E-state index is 0.00494. The van der Waals surface area contributed by atoms with Gasteiger partial charge in [-0.25, -0.2) is 0 Å². The second kappa shape index (κ2) is 7.45. The number of aliphatic hydroxyl groups excluding tert-OH is 1. The van der Waals surface area contributed by atoms with Crippen LogP contribution in [-0.2, 0) is 14.3 Å². The van der Waals surface area contributed by atoms with Crippen molar-refractivity contribution in [2.24, 2.45) is 50.2 Å². The van der Waals surface area contributed by atoms with Gasteiger partial charge in [0, 0.05) is 17.8 Å². The summed E-state index contributed by atoms with van der Waals surface area (Å²) < 4.78 is 5.26. The van der Waals surface area contributed by atoms with Crippen LogP contribution in [0.1, 0.15) is 106 Å². The zero-order valence-corrected chi connectivity index (χ0v) is 23.4. The number of esters is 1. The van der Waals surface area contributed by atoms with Gasteiger partial charge in [0.25, 0.3) is 0 Å². The Kier molecular flexibility index (Phi) is 5.43. The molecule has 5 aliphatic rings. The lowest BCUT2D eigenvalue weighted by Gasteiger charge is -2.71.